The Balaban J connectivity index is 2.00. The number of hydrogen-bond donors (Lipinski definition) is 1. The topological polar surface area (TPSA) is 20.7 Å². The predicted molar refractivity (Wildman–Crippen MR) is 89.8 cm³/mol. The summed E-state index contributed by atoms with van der Waals surface area (Å²) >= 11 is 9.41. The van der Waals surface area contributed by atoms with Gasteiger partial charge in [-0.15, -0.1) is 0 Å². The second kappa shape index (κ2) is 5.73. The van der Waals surface area contributed by atoms with E-state index in [2.05, 4.69) is 9.55 Å². The molecule has 2 nitrogen and oxygen atoms in total. The van der Waals surface area contributed by atoms with Gasteiger partial charge in [0.15, 0.2) is 4.77 Å². The molecule has 0 amide bonds. The number of aromatic amines is 1. The third-order valence-electron chi connectivity index (χ3n) is 3.60. The van der Waals surface area contributed by atoms with Crippen molar-refractivity contribution in [2.24, 2.45) is 5.92 Å². The van der Waals surface area contributed by atoms with Crippen molar-refractivity contribution in [2.45, 2.75) is 19.4 Å². The van der Waals surface area contributed by atoms with Crippen LogP contribution in [0.2, 0.25) is 0 Å². The van der Waals surface area contributed by atoms with Gasteiger partial charge in [-0.1, -0.05) is 0 Å². The lowest BCUT2D eigenvalue weighted by Gasteiger charge is -2.21. The first-order chi connectivity index (χ1) is 9.15. The molecular formula is C13H14FIN2S2. The zero-order valence-corrected chi connectivity index (χ0v) is 14.1. The molecule has 2 heterocycles. The first-order valence-electron chi connectivity index (χ1n) is 6.30. The van der Waals surface area contributed by atoms with E-state index in [4.69, 9.17) is 12.2 Å². The van der Waals surface area contributed by atoms with Gasteiger partial charge < -0.3 is 9.55 Å². The van der Waals surface area contributed by atoms with E-state index in [1.807, 2.05) is 40.4 Å². The number of aromatic nitrogens is 2. The highest BCUT2D eigenvalue weighted by Gasteiger charge is 2.17. The minimum Gasteiger partial charge on any atom is -0.331 e. The van der Waals surface area contributed by atoms with Crippen LogP contribution in [0.25, 0.3) is 11.0 Å². The third kappa shape index (κ3) is 2.85. The van der Waals surface area contributed by atoms with Gasteiger partial charge in [0, 0.05) is 12.6 Å². The van der Waals surface area contributed by atoms with E-state index in [-0.39, 0.29) is 5.82 Å². The van der Waals surface area contributed by atoms with Crippen molar-refractivity contribution < 1.29 is 4.39 Å². The van der Waals surface area contributed by atoms with E-state index in [0.717, 1.165) is 17.6 Å². The minimum absolute atomic E-state index is 0.171. The summed E-state index contributed by atoms with van der Waals surface area (Å²) in [6, 6.07) is 3.43. The highest BCUT2D eigenvalue weighted by Crippen LogP contribution is 2.27. The fraction of sp³-hybridized carbons (Fsp3) is 0.462. The standard InChI is InChI=1S/C13H14FIN2S2/c14-9-5-12-11(6-10(9)15)16-13(18)17(12)7-8-1-3-19-4-2-8/h5-6,8H,1-4,7H2,(H,16,18). The van der Waals surface area contributed by atoms with E-state index in [1.165, 1.54) is 24.3 Å². The second-order valence-corrected chi connectivity index (χ2v) is 7.65. The molecule has 0 radical (unpaired) electrons. The summed E-state index contributed by atoms with van der Waals surface area (Å²) in [6.45, 7) is 0.902. The Morgan fingerprint density at radius 2 is 2.16 bits per heavy atom. The second-order valence-electron chi connectivity index (χ2n) is 4.88. The smallest absolute Gasteiger partial charge is 0.178 e. The molecule has 1 aromatic heterocycles. The number of rotatable bonds is 2. The average Bonchev–Trinajstić information content (AvgIpc) is 2.68. The van der Waals surface area contributed by atoms with Gasteiger partial charge in [0.05, 0.1) is 14.6 Å². The van der Waals surface area contributed by atoms with Crippen molar-refractivity contribution in [1.82, 2.24) is 9.55 Å². The van der Waals surface area contributed by atoms with E-state index >= 15 is 0 Å². The number of imidazole rings is 1. The van der Waals surface area contributed by atoms with Crippen LogP contribution in [-0.4, -0.2) is 21.1 Å². The first kappa shape index (κ1) is 13.9. The lowest BCUT2D eigenvalue weighted by atomic mass is 10.0. The number of benzene rings is 1. The predicted octanol–water partition coefficient (Wildman–Crippen LogP) is 4.59. The monoisotopic (exact) mass is 408 g/mol. The number of halogens is 2. The molecule has 0 aliphatic carbocycles. The highest BCUT2D eigenvalue weighted by atomic mass is 127. The van der Waals surface area contributed by atoms with Crippen LogP contribution in [0.4, 0.5) is 4.39 Å². The molecule has 102 valence electrons. The summed E-state index contributed by atoms with van der Waals surface area (Å²) in [6.07, 6.45) is 2.46. The largest absolute Gasteiger partial charge is 0.331 e. The normalized spacial score (nSPS) is 17.2. The summed E-state index contributed by atoms with van der Waals surface area (Å²) in [7, 11) is 0. The van der Waals surface area contributed by atoms with Crippen LogP contribution in [0.5, 0.6) is 0 Å². The van der Waals surface area contributed by atoms with E-state index in [0.29, 0.717) is 14.3 Å². The van der Waals surface area contributed by atoms with Crippen LogP contribution >= 0.6 is 46.6 Å². The zero-order chi connectivity index (χ0) is 13.4. The molecule has 0 bridgehead atoms. The molecular weight excluding hydrogens is 394 g/mol. The molecule has 19 heavy (non-hydrogen) atoms. The maximum absolute atomic E-state index is 13.7. The van der Waals surface area contributed by atoms with E-state index in [9.17, 15) is 4.39 Å². The number of fused-ring (bicyclic) bond motifs is 1. The maximum Gasteiger partial charge on any atom is 0.178 e. The first-order valence-corrected chi connectivity index (χ1v) is 8.94. The van der Waals surface area contributed by atoms with Gasteiger partial charge in [-0.3, -0.25) is 0 Å². The molecule has 0 spiro atoms. The van der Waals surface area contributed by atoms with Gasteiger partial charge in [-0.05, 0) is 71.1 Å². The number of hydrogen-bond acceptors (Lipinski definition) is 2. The van der Waals surface area contributed by atoms with Crippen molar-refractivity contribution in [3.63, 3.8) is 0 Å². The molecule has 3 rings (SSSR count). The molecule has 0 unspecified atom stereocenters. The molecule has 1 aromatic carbocycles. The molecule has 2 aromatic rings. The zero-order valence-electron chi connectivity index (χ0n) is 10.3. The molecule has 1 saturated heterocycles. The van der Waals surface area contributed by atoms with Gasteiger partial charge in [-0.25, -0.2) is 4.39 Å². The molecule has 1 aliphatic heterocycles. The maximum atomic E-state index is 13.7. The Hall–Kier alpha value is -0.0800. The lowest BCUT2D eigenvalue weighted by molar-refractivity contribution is 0.420. The van der Waals surface area contributed by atoms with Crippen LogP contribution in [-0.2, 0) is 6.54 Å². The third-order valence-corrected chi connectivity index (χ3v) is 5.80. The van der Waals surface area contributed by atoms with Gasteiger partial charge >= 0.3 is 0 Å². The molecule has 6 heteroatoms. The summed E-state index contributed by atoms with van der Waals surface area (Å²) in [5, 5.41) is 0. The Bertz CT molecular complexity index is 658. The lowest BCUT2D eigenvalue weighted by Crippen LogP contribution is -2.16. The summed E-state index contributed by atoms with van der Waals surface area (Å²) < 4.78 is 17.1. The van der Waals surface area contributed by atoms with Crippen LogP contribution in [0.1, 0.15) is 12.8 Å². The van der Waals surface area contributed by atoms with Crippen LogP contribution in [0, 0.1) is 20.1 Å². The van der Waals surface area contributed by atoms with Crippen LogP contribution < -0.4 is 0 Å². The molecule has 0 atom stereocenters. The Morgan fingerprint density at radius 1 is 1.42 bits per heavy atom. The fourth-order valence-electron chi connectivity index (χ4n) is 2.52. The number of H-pyrrole nitrogens is 1. The molecule has 1 N–H and O–H groups in total. The molecule has 0 saturated carbocycles. The minimum atomic E-state index is -0.171. The SMILES string of the molecule is Fc1cc2c(cc1I)[nH]c(=S)n2CC1CCSCC1. The fourth-order valence-corrected chi connectivity index (χ4v) is 4.47. The summed E-state index contributed by atoms with van der Waals surface area (Å²) in [5.41, 5.74) is 1.82. The highest BCUT2D eigenvalue weighted by molar-refractivity contribution is 14.1. The number of nitrogens with one attached hydrogen (secondary N) is 1. The van der Waals surface area contributed by atoms with E-state index < -0.39 is 0 Å². The Morgan fingerprint density at radius 3 is 2.89 bits per heavy atom. The van der Waals surface area contributed by atoms with Crippen molar-refractivity contribution in [3.8, 4) is 0 Å². The van der Waals surface area contributed by atoms with Crippen molar-refractivity contribution in [3.05, 3.63) is 26.3 Å². The van der Waals surface area contributed by atoms with Gasteiger partial charge in [-0.2, -0.15) is 11.8 Å². The van der Waals surface area contributed by atoms with Crippen molar-refractivity contribution >= 4 is 57.6 Å². The Labute approximate surface area is 134 Å². The van der Waals surface area contributed by atoms with Gasteiger partial charge in [0.2, 0.25) is 0 Å². The molecule has 1 fully saturated rings. The molecule has 1 aliphatic rings. The van der Waals surface area contributed by atoms with Gasteiger partial charge in [0.25, 0.3) is 0 Å². The van der Waals surface area contributed by atoms with Crippen LogP contribution in [0.15, 0.2) is 12.1 Å². The van der Waals surface area contributed by atoms with Crippen molar-refractivity contribution in [1.29, 1.82) is 0 Å². The number of nitrogens with zero attached hydrogens (tertiary/aromatic N) is 1. The average molecular weight is 408 g/mol. The van der Waals surface area contributed by atoms with Crippen LogP contribution in [0.3, 0.4) is 0 Å². The quantitative estimate of drug-likeness (QED) is 0.580. The number of thioether (sulfide) groups is 1. The van der Waals surface area contributed by atoms with Crippen molar-refractivity contribution in [2.75, 3.05) is 11.5 Å². The van der Waals surface area contributed by atoms with Gasteiger partial charge in [0.1, 0.15) is 5.82 Å². The van der Waals surface area contributed by atoms with E-state index in [1.54, 1.807) is 6.07 Å². The summed E-state index contributed by atoms with van der Waals surface area (Å²) in [5.74, 6) is 2.95. The Kier molecular flexibility index (Phi) is 4.19. The summed E-state index contributed by atoms with van der Waals surface area (Å²) in [4.78, 5) is 3.19.